The molecule has 0 aliphatic rings. The Hall–Kier alpha value is -1.74. The van der Waals surface area contributed by atoms with Gasteiger partial charge in [-0.2, -0.15) is 0 Å². The van der Waals surface area contributed by atoms with Crippen LogP contribution < -0.4 is 5.73 Å². The molecule has 3 nitrogen and oxygen atoms in total. The molecule has 2 N–H and O–H groups in total. The number of nitrogens with two attached hydrogens (primary N) is 1. The van der Waals surface area contributed by atoms with Gasteiger partial charge in [0.2, 0.25) is 0 Å². The van der Waals surface area contributed by atoms with E-state index in [9.17, 15) is 0 Å². The second kappa shape index (κ2) is 6.14. The molecule has 1 atom stereocenters. The summed E-state index contributed by atoms with van der Waals surface area (Å²) in [4.78, 5) is 9.36. The molecule has 2 rings (SSSR count). The van der Waals surface area contributed by atoms with Gasteiger partial charge in [0.1, 0.15) is 5.82 Å². The van der Waals surface area contributed by atoms with Gasteiger partial charge in [-0.3, -0.25) is 0 Å². The number of rotatable bonds is 4. The van der Waals surface area contributed by atoms with Gasteiger partial charge in [-0.25, -0.2) is 9.97 Å². The van der Waals surface area contributed by atoms with E-state index >= 15 is 0 Å². The fourth-order valence-electron chi connectivity index (χ4n) is 2.43. The molecule has 0 aliphatic heterocycles. The number of nitrogens with zero attached hydrogens (tertiary/aromatic N) is 2. The second-order valence-electron chi connectivity index (χ2n) is 5.65. The SMILES string of the molecule is Cc1cc(-c2ccccc2C)nc(C(CN)C(C)C)n1. The van der Waals surface area contributed by atoms with Crippen LogP contribution in [0, 0.1) is 19.8 Å². The van der Waals surface area contributed by atoms with Crippen LogP contribution >= 0.6 is 0 Å². The zero-order chi connectivity index (χ0) is 14.7. The third kappa shape index (κ3) is 3.05. The molecular formula is C17H23N3. The molecule has 1 unspecified atom stereocenters. The van der Waals surface area contributed by atoms with E-state index in [1.807, 2.05) is 25.1 Å². The monoisotopic (exact) mass is 269 g/mol. The van der Waals surface area contributed by atoms with Crippen molar-refractivity contribution in [3.63, 3.8) is 0 Å². The summed E-state index contributed by atoms with van der Waals surface area (Å²) in [7, 11) is 0. The van der Waals surface area contributed by atoms with Crippen molar-refractivity contribution in [1.82, 2.24) is 9.97 Å². The molecule has 0 saturated carbocycles. The third-order valence-electron chi connectivity index (χ3n) is 3.68. The van der Waals surface area contributed by atoms with Crippen LogP contribution in [0.5, 0.6) is 0 Å². The van der Waals surface area contributed by atoms with Gasteiger partial charge in [-0.05, 0) is 31.4 Å². The van der Waals surface area contributed by atoms with Crippen LogP contribution in [0.1, 0.15) is 36.8 Å². The van der Waals surface area contributed by atoms with E-state index in [4.69, 9.17) is 10.7 Å². The molecule has 20 heavy (non-hydrogen) atoms. The average Bonchev–Trinajstić information content (AvgIpc) is 2.39. The highest BCUT2D eigenvalue weighted by molar-refractivity contribution is 5.63. The maximum atomic E-state index is 5.89. The zero-order valence-electron chi connectivity index (χ0n) is 12.7. The number of hydrogen-bond acceptors (Lipinski definition) is 3. The molecule has 0 amide bonds. The predicted molar refractivity (Wildman–Crippen MR) is 83.6 cm³/mol. The van der Waals surface area contributed by atoms with Crippen LogP contribution in [0.4, 0.5) is 0 Å². The van der Waals surface area contributed by atoms with E-state index < -0.39 is 0 Å². The molecule has 1 aromatic heterocycles. The summed E-state index contributed by atoms with van der Waals surface area (Å²) in [6.07, 6.45) is 0. The summed E-state index contributed by atoms with van der Waals surface area (Å²) in [5.74, 6) is 1.50. The molecule has 1 aromatic carbocycles. The first-order chi connectivity index (χ1) is 9.52. The maximum absolute atomic E-state index is 5.89. The minimum absolute atomic E-state index is 0.206. The molecule has 0 aliphatic carbocycles. The lowest BCUT2D eigenvalue weighted by Crippen LogP contribution is -2.20. The Morgan fingerprint density at radius 3 is 2.40 bits per heavy atom. The highest BCUT2D eigenvalue weighted by Gasteiger charge is 2.18. The smallest absolute Gasteiger partial charge is 0.133 e. The largest absolute Gasteiger partial charge is 0.330 e. The second-order valence-corrected chi connectivity index (χ2v) is 5.65. The lowest BCUT2D eigenvalue weighted by atomic mass is 9.94. The van der Waals surface area contributed by atoms with Crippen molar-refractivity contribution in [3.05, 3.63) is 47.4 Å². The summed E-state index contributed by atoms with van der Waals surface area (Å²) in [6.45, 7) is 9.03. The highest BCUT2D eigenvalue weighted by atomic mass is 14.9. The highest BCUT2D eigenvalue weighted by Crippen LogP contribution is 2.26. The van der Waals surface area contributed by atoms with E-state index in [1.165, 1.54) is 11.1 Å². The molecule has 106 valence electrons. The predicted octanol–water partition coefficient (Wildman–Crippen LogP) is 3.46. The van der Waals surface area contributed by atoms with Gasteiger partial charge in [0.25, 0.3) is 0 Å². The third-order valence-corrected chi connectivity index (χ3v) is 3.68. The number of aromatic nitrogens is 2. The Bertz CT molecular complexity index is 591. The summed E-state index contributed by atoms with van der Waals surface area (Å²) in [5, 5.41) is 0. The normalized spacial score (nSPS) is 12.7. The zero-order valence-corrected chi connectivity index (χ0v) is 12.7. The van der Waals surface area contributed by atoms with Gasteiger partial charge in [-0.15, -0.1) is 0 Å². The van der Waals surface area contributed by atoms with Gasteiger partial charge in [0.15, 0.2) is 0 Å². The van der Waals surface area contributed by atoms with Crippen molar-refractivity contribution in [2.75, 3.05) is 6.54 Å². The minimum Gasteiger partial charge on any atom is -0.330 e. The first kappa shape index (κ1) is 14.7. The lowest BCUT2D eigenvalue weighted by Gasteiger charge is -2.18. The quantitative estimate of drug-likeness (QED) is 0.924. The fourth-order valence-corrected chi connectivity index (χ4v) is 2.43. The van der Waals surface area contributed by atoms with Crippen molar-refractivity contribution >= 4 is 0 Å². The van der Waals surface area contributed by atoms with Crippen molar-refractivity contribution < 1.29 is 0 Å². The molecule has 0 spiro atoms. The molecule has 0 radical (unpaired) electrons. The van der Waals surface area contributed by atoms with Crippen molar-refractivity contribution in [2.24, 2.45) is 11.7 Å². The van der Waals surface area contributed by atoms with Gasteiger partial charge in [0, 0.05) is 23.7 Å². The van der Waals surface area contributed by atoms with Crippen LogP contribution in [0.15, 0.2) is 30.3 Å². The van der Waals surface area contributed by atoms with Crippen molar-refractivity contribution in [1.29, 1.82) is 0 Å². The first-order valence-electron chi connectivity index (χ1n) is 7.14. The van der Waals surface area contributed by atoms with Crippen molar-refractivity contribution in [3.8, 4) is 11.3 Å². The molecule has 0 saturated heterocycles. The van der Waals surface area contributed by atoms with E-state index in [1.54, 1.807) is 0 Å². The summed E-state index contributed by atoms with van der Waals surface area (Å²) in [5.41, 5.74) is 10.3. The van der Waals surface area contributed by atoms with Gasteiger partial charge in [-0.1, -0.05) is 38.1 Å². The molecule has 0 fully saturated rings. The number of hydrogen-bond donors (Lipinski definition) is 1. The molecular weight excluding hydrogens is 246 g/mol. The average molecular weight is 269 g/mol. The minimum atomic E-state index is 0.206. The Labute approximate surface area is 121 Å². The van der Waals surface area contributed by atoms with Crippen LogP contribution in [0.25, 0.3) is 11.3 Å². The first-order valence-corrected chi connectivity index (χ1v) is 7.14. The Morgan fingerprint density at radius 2 is 1.80 bits per heavy atom. The Morgan fingerprint density at radius 1 is 1.10 bits per heavy atom. The van der Waals surface area contributed by atoms with Gasteiger partial charge < -0.3 is 5.73 Å². The lowest BCUT2D eigenvalue weighted by molar-refractivity contribution is 0.483. The molecule has 0 bridgehead atoms. The molecule has 2 aromatic rings. The number of benzene rings is 1. The summed E-state index contributed by atoms with van der Waals surface area (Å²) >= 11 is 0. The Balaban J connectivity index is 2.52. The summed E-state index contributed by atoms with van der Waals surface area (Å²) < 4.78 is 0. The van der Waals surface area contributed by atoms with Crippen LogP contribution in [-0.4, -0.2) is 16.5 Å². The van der Waals surface area contributed by atoms with Crippen LogP contribution in [0.3, 0.4) is 0 Å². The topological polar surface area (TPSA) is 51.8 Å². The number of aryl methyl sites for hydroxylation is 2. The molecule has 1 heterocycles. The van der Waals surface area contributed by atoms with E-state index in [0.29, 0.717) is 12.5 Å². The maximum Gasteiger partial charge on any atom is 0.133 e. The van der Waals surface area contributed by atoms with Crippen LogP contribution in [0.2, 0.25) is 0 Å². The standard InChI is InChI=1S/C17H23N3/c1-11(2)15(10-18)17-19-13(4)9-16(20-17)14-8-6-5-7-12(14)3/h5-9,11,15H,10,18H2,1-4H3. The Kier molecular flexibility index (Phi) is 4.50. The molecule has 3 heteroatoms. The van der Waals surface area contributed by atoms with Gasteiger partial charge >= 0.3 is 0 Å². The summed E-state index contributed by atoms with van der Waals surface area (Å²) in [6, 6.07) is 10.3. The fraction of sp³-hybridized carbons (Fsp3) is 0.412. The van der Waals surface area contributed by atoms with Gasteiger partial charge in [0.05, 0.1) is 5.69 Å². The van der Waals surface area contributed by atoms with E-state index in [0.717, 1.165) is 17.2 Å². The van der Waals surface area contributed by atoms with Crippen molar-refractivity contribution in [2.45, 2.75) is 33.6 Å². The van der Waals surface area contributed by atoms with E-state index in [2.05, 4.69) is 37.9 Å². The van der Waals surface area contributed by atoms with Crippen LogP contribution in [-0.2, 0) is 0 Å². The van der Waals surface area contributed by atoms with E-state index in [-0.39, 0.29) is 5.92 Å².